The fourth-order valence-electron chi connectivity index (χ4n) is 3.60. The third-order valence-corrected chi connectivity index (χ3v) is 5.27. The lowest BCUT2D eigenvalue weighted by molar-refractivity contribution is 0.0580. The second-order valence-corrected chi connectivity index (χ2v) is 7.36. The molecule has 0 atom stereocenters. The van der Waals surface area contributed by atoms with Gasteiger partial charge < -0.3 is 19.1 Å². The molecular formula is C21H21N5O4. The van der Waals surface area contributed by atoms with E-state index in [4.69, 9.17) is 14.2 Å². The van der Waals surface area contributed by atoms with E-state index in [9.17, 15) is 4.79 Å². The quantitative estimate of drug-likeness (QED) is 0.709. The molecule has 2 aliphatic heterocycles. The van der Waals surface area contributed by atoms with Crippen molar-refractivity contribution in [2.75, 3.05) is 19.9 Å². The van der Waals surface area contributed by atoms with Crippen molar-refractivity contribution in [1.29, 1.82) is 0 Å². The molecule has 3 aromatic rings. The smallest absolute Gasteiger partial charge is 0.271 e. The lowest BCUT2D eigenvalue weighted by Gasteiger charge is -2.31. The van der Waals surface area contributed by atoms with Crippen LogP contribution in [0, 0.1) is 6.92 Å². The summed E-state index contributed by atoms with van der Waals surface area (Å²) < 4.78 is 16.6. The van der Waals surface area contributed by atoms with Crippen molar-refractivity contribution in [3.63, 3.8) is 0 Å². The highest BCUT2D eigenvalue weighted by Crippen LogP contribution is 2.35. The second-order valence-electron chi connectivity index (χ2n) is 7.36. The van der Waals surface area contributed by atoms with Crippen LogP contribution in [-0.4, -0.2) is 57.2 Å². The van der Waals surface area contributed by atoms with Crippen molar-refractivity contribution < 1.29 is 19.0 Å². The molecule has 1 N–H and O–H groups in total. The number of ether oxygens (including phenoxy) is 3. The summed E-state index contributed by atoms with van der Waals surface area (Å²) in [5, 5.41) is 15.2. The highest BCUT2D eigenvalue weighted by molar-refractivity contribution is 5.93. The van der Waals surface area contributed by atoms with Crippen LogP contribution in [0.1, 0.15) is 29.0 Å². The molecule has 1 saturated heterocycles. The first-order chi connectivity index (χ1) is 14.7. The number of nitrogens with zero attached hydrogens (tertiary/aromatic N) is 4. The standard InChI is InChI=1S/C21H21N5O4/c1-13-2-5-20(25-22-13)30-15-6-8-26(9-7-15)21(27)17-11-16(23-24-17)14-3-4-18-19(10-14)29-12-28-18/h2-5,10-11,15H,6-9,12H2,1H3,(H,23,24). The molecule has 0 radical (unpaired) electrons. The Labute approximate surface area is 173 Å². The number of rotatable bonds is 4. The van der Waals surface area contributed by atoms with Gasteiger partial charge in [-0.2, -0.15) is 10.2 Å². The molecule has 0 saturated carbocycles. The van der Waals surface area contributed by atoms with Crippen molar-refractivity contribution in [3.05, 3.63) is 47.8 Å². The fraction of sp³-hybridized carbons (Fsp3) is 0.333. The molecule has 5 rings (SSSR count). The van der Waals surface area contributed by atoms with E-state index in [0.29, 0.717) is 41.9 Å². The third kappa shape index (κ3) is 3.66. The number of aromatic amines is 1. The van der Waals surface area contributed by atoms with Crippen molar-refractivity contribution >= 4 is 5.91 Å². The number of likely N-dealkylation sites (tertiary alicyclic amines) is 1. The number of carbonyl (C=O) groups excluding carboxylic acids is 1. The summed E-state index contributed by atoms with van der Waals surface area (Å²) >= 11 is 0. The normalized spacial score (nSPS) is 16.0. The number of nitrogens with one attached hydrogen (secondary N) is 1. The summed E-state index contributed by atoms with van der Waals surface area (Å²) in [5.41, 5.74) is 2.86. The van der Waals surface area contributed by atoms with E-state index in [0.717, 1.165) is 24.1 Å². The lowest BCUT2D eigenvalue weighted by Crippen LogP contribution is -2.42. The van der Waals surface area contributed by atoms with E-state index in [-0.39, 0.29) is 18.8 Å². The van der Waals surface area contributed by atoms with Crippen LogP contribution in [0.4, 0.5) is 0 Å². The monoisotopic (exact) mass is 407 g/mol. The highest BCUT2D eigenvalue weighted by Gasteiger charge is 2.26. The van der Waals surface area contributed by atoms with Crippen molar-refractivity contribution in [2.24, 2.45) is 0 Å². The van der Waals surface area contributed by atoms with Gasteiger partial charge >= 0.3 is 0 Å². The van der Waals surface area contributed by atoms with Crippen LogP contribution in [0.2, 0.25) is 0 Å². The predicted octanol–water partition coefficient (Wildman–Crippen LogP) is 2.59. The number of hydrogen-bond donors (Lipinski definition) is 1. The van der Waals surface area contributed by atoms with Crippen LogP contribution in [0.15, 0.2) is 36.4 Å². The highest BCUT2D eigenvalue weighted by atomic mass is 16.7. The molecule has 9 nitrogen and oxygen atoms in total. The van der Waals surface area contributed by atoms with Gasteiger partial charge in [0.1, 0.15) is 11.8 Å². The summed E-state index contributed by atoms with van der Waals surface area (Å²) in [6.45, 7) is 3.33. The molecule has 9 heteroatoms. The van der Waals surface area contributed by atoms with E-state index in [1.165, 1.54) is 0 Å². The molecular weight excluding hydrogens is 386 g/mol. The number of fused-ring (bicyclic) bond motifs is 1. The molecule has 154 valence electrons. The van der Waals surface area contributed by atoms with Gasteiger partial charge in [0.25, 0.3) is 5.91 Å². The molecule has 2 aromatic heterocycles. The summed E-state index contributed by atoms with van der Waals surface area (Å²) in [6, 6.07) is 11.1. The molecule has 1 fully saturated rings. The van der Waals surface area contributed by atoms with Gasteiger partial charge in [-0.3, -0.25) is 9.89 Å². The van der Waals surface area contributed by atoms with Gasteiger partial charge in [0.2, 0.25) is 12.7 Å². The van der Waals surface area contributed by atoms with Gasteiger partial charge in [-0.05, 0) is 37.3 Å². The molecule has 0 aliphatic carbocycles. The molecule has 2 aliphatic rings. The number of aryl methyl sites for hydroxylation is 1. The minimum Gasteiger partial charge on any atom is -0.473 e. The Morgan fingerprint density at radius 3 is 2.73 bits per heavy atom. The first kappa shape index (κ1) is 18.4. The number of aromatic nitrogens is 4. The van der Waals surface area contributed by atoms with Gasteiger partial charge in [0, 0.05) is 37.6 Å². The Morgan fingerprint density at radius 1 is 1.10 bits per heavy atom. The number of carbonyl (C=O) groups is 1. The number of piperidine rings is 1. The van der Waals surface area contributed by atoms with E-state index >= 15 is 0 Å². The van der Waals surface area contributed by atoms with Crippen molar-refractivity contribution in [1.82, 2.24) is 25.3 Å². The zero-order valence-electron chi connectivity index (χ0n) is 16.5. The number of amides is 1. The van der Waals surface area contributed by atoms with Crippen LogP contribution < -0.4 is 14.2 Å². The Bertz CT molecular complexity index is 1060. The van der Waals surface area contributed by atoms with Crippen LogP contribution in [0.5, 0.6) is 17.4 Å². The maximum atomic E-state index is 12.9. The second kappa shape index (κ2) is 7.66. The molecule has 0 spiro atoms. The first-order valence-electron chi connectivity index (χ1n) is 9.87. The summed E-state index contributed by atoms with van der Waals surface area (Å²) in [5.74, 6) is 1.85. The van der Waals surface area contributed by atoms with Gasteiger partial charge in [-0.1, -0.05) is 0 Å². The molecule has 0 unspecified atom stereocenters. The Morgan fingerprint density at radius 2 is 1.93 bits per heavy atom. The van der Waals surface area contributed by atoms with E-state index < -0.39 is 0 Å². The van der Waals surface area contributed by atoms with Gasteiger partial charge in [0.05, 0.1) is 11.4 Å². The van der Waals surface area contributed by atoms with E-state index in [1.807, 2.05) is 42.2 Å². The minimum atomic E-state index is -0.0666. The van der Waals surface area contributed by atoms with E-state index in [2.05, 4.69) is 20.4 Å². The minimum absolute atomic E-state index is 0.0250. The number of hydrogen-bond acceptors (Lipinski definition) is 7. The third-order valence-electron chi connectivity index (χ3n) is 5.27. The molecule has 0 bridgehead atoms. The van der Waals surface area contributed by atoms with Gasteiger partial charge in [-0.15, -0.1) is 5.10 Å². The average Bonchev–Trinajstić information content (AvgIpc) is 3.44. The molecule has 30 heavy (non-hydrogen) atoms. The maximum absolute atomic E-state index is 12.9. The largest absolute Gasteiger partial charge is 0.473 e. The average molecular weight is 407 g/mol. The first-order valence-corrected chi connectivity index (χ1v) is 9.87. The van der Waals surface area contributed by atoms with Gasteiger partial charge in [-0.25, -0.2) is 0 Å². The maximum Gasteiger partial charge on any atom is 0.271 e. The Balaban J connectivity index is 1.20. The zero-order valence-corrected chi connectivity index (χ0v) is 16.5. The zero-order chi connectivity index (χ0) is 20.5. The van der Waals surface area contributed by atoms with Crippen LogP contribution in [-0.2, 0) is 0 Å². The fourth-order valence-corrected chi connectivity index (χ4v) is 3.60. The SMILES string of the molecule is Cc1ccc(OC2CCN(C(=O)c3cc(-c4ccc5c(c4)OCO5)n[nH]3)CC2)nn1. The van der Waals surface area contributed by atoms with Crippen LogP contribution >= 0.6 is 0 Å². The summed E-state index contributed by atoms with van der Waals surface area (Å²) in [4.78, 5) is 14.7. The lowest BCUT2D eigenvalue weighted by atomic mass is 10.1. The summed E-state index contributed by atoms with van der Waals surface area (Å²) in [6.07, 6.45) is 1.51. The van der Waals surface area contributed by atoms with Crippen molar-refractivity contribution in [3.8, 4) is 28.6 Å². The van der Waals surface area contributed by atoms with Gasteiger partial charge in [0.15, 0.2) is 11.5 Å². The number of H-pyrrole nitrogens is 1. The van der Waals surface area contributed by atoms with Crippen molar-refractivity contribution in [2.45, 2.75) is 25.9 Å². The summed E-state index contributed by atoms with van der Waals surface area (Å²) in [7, 11) is 0. The van der Waals surface area contributed by atoms with Crippen LogP contribution in [0.3, 0.4) is 0 Å². The topological polar surface area (TPSA) is 102 Å². The molecule has 1 aromatic carbocycles. The number of benzene rings is 1. The predicted molar refractivity (Wildman–Crippen MR) is 106 cm³/mol. The van der Waals surface area contributed by atoms with E-state index in [1.54, 1.807) is 6.07 Å². The molecule has 4 heterocycles. The van der Waals surface area contributed by atoms with Crippen LogP contribution in [0.25, 0.3) is 11.3 Å². The Kier molecular flexibility index (Phi) is 4.70. The molecule has 1 amide bonds. The Hall–Kier alpha value is -3.62.